The first-order chi connectivity index (χ1) is 6.70. The summed E-state index contributed by atoms with van der Waals surface area (Å²) < 4.78 is 0. The van der Waals surface area contributed by atoms with Gasteiger partial charge in [-0.3, -0.25) is 0 Å². The van der Waals surface area contributed by atoms with E-state index in [0.29, 0.717) is 0 Å². The first kappa shape index (κ1) is 8.97. The second-order valence-corrected chi connectivity index (χ2v) is 3.49. The van der Waals surface area contributed by atoms with Crippen molar-refractivity contribution in [2.24, 2.45) is 5.84 Å². The largest absolute Gasteiger partial charge is 0.308 e. The number of rotatable bonds is 1. The van der Waals surface area contributed by atoms with Crippen molar-refractivity contribution < 1.29 is 0 Å². The van der Waals surface area contributed by atoms with Crippen molar-refractivity contribution in [1.29, 1.82) is 0 Å². The van der Waals surface area contributed by atoms with E-state index in [1.54, 1.807) is 0 Å². The molecule has 3 nitrogen and oxygen atoms in total. The molecule has 0 aliphatic carbocycles. The maximum Gasteiger partial charge on any atom is 0.143 e. The molecule has 72 valence electrons. The van der Waals surface area contributed by atoms with Gasteiger partial charge < -0.3 is 5.43 Å². The molecule has 0 fully saturated rings. The summed E-state index contributed by atoms with van der Waals surface area (Å²) in [5.41, 5.74) is 5.86. The Balaban J connectivity index is 2.73. The van der Waals surface area contributed by atoms with Gasteiger partial charge in [0.1, 0.15) is 5.82 Å². The van der Waals surface area contributed by atoms with E-state index in [9.17, 15) is 0 Å². The maximum absolute atomic E-state index is 5.36. The average Bonchev–Trinajstić information content (AvgIpc) is 2.16. The minimum atomic E-state index is 0.737. The lowest BCUT2D eigenvalue weighted by atomic mass is 10.1. The van der Waals surface area contributed by atoms with Gasteiger partial charge in [-0.15, -0.1) is 0 Å². The molecule has 1 aromatic heterocycles. The number of nitrogen functional groups attached to an aromatic ring is 1. The van der Waals surface area contributed by atoms with E-state index in [-0.39, 0.29) is 0 Å². The molecule has 1 heterocycles. The van der Waals surface area contributed by atoms with Crippen LogP contribution in [0.15, 0.2) is 24.3 Å². The third-order valence-corrected chi connectivity index (χ3v) is 2.30. The van der Waals surface area contributed by atoms with Crippen LogP contribution < -0.4 is 11.3 Å². The molecule has 3 heteroatoms. The molecule has 0 radical (unpaired) electrons. The molecule has 14 heavy (non-hydrogen) atoms. The fourth-order valence-electron chi connectivity index (χ4n) is 1.55. The number of benzene rings is 1. The molecule has 2 aromatic rings. The highest BCUT2D eigenvalue weighted by molar-refractivity contribution is 5.82. The van der Waals surface area contributed by atoms with E-state index in [1.165, 1.54) is 5.56 Å². The second kappa shape index (κ2) is 3.27. The van der Waals surface area contributed by atoms with Gasteiger partial charge in [-0.05, 0) is 37.6 Å². The van der Waals surface area contributed by atoms with Crippen molar-refractivity contribution >= 4 is 16.7 Å². The Kier molecular flexibility index (Phi) is 2.09. The highest BCUT2D eigenvalue weighted by Crippen LogP contribution is 2.19. The summed E-state index contributed by atoms with van der Waals surface area (Å²) in [7, 11) is 0. The van der Waals surface area contributed by atoms with E-state index in [1.807, 2.05) is 19.1 Å². The molecule has 0 saturated heterocycles. The molecule has 0 atom stereocenters. The van der Waals surface area contributed by atoms with Crippen LogP contribution in [0, 0.1) is 13.8 Å². The minimum absolute atomic E-state index is 0.737. The lowest BCUT2D eigenvalue weighted by Gasteiger charge is -2.06. The Morgan fingerprint density at radius 3 is 2.71 bits per heavy atom. The van der Waals surface area contributed by atoms with Gasteiger partial charge in [0.05, 0.1) is 5.52 Å². The Hall–Kier alpha value is -1.61. The maximum atomic E-state index is 5.36. The molecule has 0 amide bonds. The third-order valence-electron chi connectivity index (χ3n) is 2.30. The number of nitrogens with one attached hydrogen (secondary N) is 1. The van der Waals surface area contributed by atoms with Crippen LogP contribution in [0.4, 0.5) is 5.82 Å². The second-order valence-electron chi connectivity index (χ2n) is 3.49. The summed E-state index contributed by atoms with van der Waals surface area (Å²) >= 11 is 0. The van der Waals surface area contributed by atoms with Crippen LogP contribution in [-0.4, -0.2) is 4.98 Å². The summed E-state index contributed by atoms with van der Waals surface area (Å²) in [5.74, 6) is 6.10. The van der Waals surface area contributed by atoms with Gasteiger partial charge in [0.2, 0.25) is 0 Å². The Morgan fingerprint density at radius 2 is 2.00 bits per heavy atom. The van der Waals surface area contributed by atoms with Crippen molar-refractivity contribution in [3.63, 3.8) is 0 Å². The lowest BCUT2D eigenvalue weighted by molar-refractivity contribution is 1.22. The molecule has 2 rings (SSSR count). The third kappa shape index (κ3) is 1.42. The number of nitrogens with two attached hydrogens (primary N) is 1. The van der Waals surface area contributed by atoms with Crippen LogP contribution in [0.3, 0.4) is 0 Å². The number of pyridine rings is 1. The topological polar surface area (TPSA) is 50.9 Å². The van der Waals surface area contributed by atoms with Crippen molar-refractivity contribution in [2.45, 2.75) is 13.8 Å². The molecule has 3 N–H and O–H groups in total. The van der Waals surface area contributed by atoms with Gasteiger partial charge >= 0.3 is 0 Å². The SMILES string of the molecule is Cc1ccc2nc(NN)c(C)cc2c1. The van der Waals surface area contributed by atoms with Crippen LogP contribution in [0.5, 0.6) is 0 Å². The molecule has 1 aromatic carbocycles. The normalized spacial score (nSPS) is 10.5. The van der Waals surface area contributed by atoms with Gasteiger partial charge in [0, 0.05) is 5.39 Å². The monoisotopic (exact) mass is 187 g/mol. The van der Waals surface area contributed by atoms with E-state index in [2.05, 4.69) is 29.5 Å². The number of nitrogens with zero attached hydrogens (tertiary/aromatic N) is 1. The number of aryl methyl sites for hydroxylation is 2. The quantitative estimate of drug-likeness (QED) is 0.531. The number of fused-ring (bicyclic) bond motifs is 1. The first-order valence-electron chi connectivity index (χ1n) is 4.55. The van der Waals surface area contributed by atoms with E-state index < -0.39 is 0 Å². The molecule has 0 aliphatic rings. The minimum Gasteiger partial charge on any atom is -0.308 e. The van der Waals surface area contributed by atoms with Crippen molar-refractivity contribution in [3.8, 4) is 0 Å². The van der Waals surface area contributed by atoms with Gasteiger partial charge in [0.25, 0.3) is 0 Å². The molecule has 0 saturated carbocycles. The predicted molar refractivity (Wildman–Crippen MR) is 59.0 cm³/mol. The zero-order chi connectivity index (χ0) is 10.1. The summed E-state index contributed by atoms with van der Waals surface area (Å²) in [6, 6.07) is 8.26. The van der Waals surface area contributed by atoms with Gasteiger partial charge in [-0.2, -0.15) is 0 Å². The number of anilines is 1. The molecule has 0 spiro atoms. The van der Waals surface area contributed by atoms with Crippen LogP contribution in [-0.2, 0) is 0 Å². The number of hydrogen-bond acceptors (Lipinski definition) is 3. The summed E-state index contributed by atoms with van der Waals surface area (Å²) in [6.07, 6.45) is 0. The van der Waals surface area contributed by atoms with Crippen LogP contribution in [0.2, 0.25) is 0 Å². The van der Waals surface area contributed by atoms with E-state index in [4.69, 9.17) is 5.84 Å². The molecule has 0 bridgehead atoms. The van der Waals surface area contributed by atoms with Crippen LogP contribution in [0.25, 0.3) is 10.9 Å². The van der Waals surface area contributed by atoms with Gasteiger partial charge in [0.15, 0.2) is 0 Å². The Labute approximate surface area is 82.9 Å². The van der Waals surface area contributed by atoms with E-state index in [0.717, 1.165) is 22.3 Å². The van der Waals surface area contributed by atoms with E-state index >= 15 is 0 Å². The summed E-state index contributed by atoms with van der Waals surface area (Å²) in [4.78, 5) is 4.40. The number of hydrogen-bond donors (Lipinski definition) is 2. The smallest absolute Gasteiger partial charge is 0.143 e. The number of hydrazine groups is 1. The van der Waals surface area contributed by atoms with Crippen LogP contribution in [0.1, 0.15) is 11.1 Å². The lowest BCUT2D eigenvalue weighted by Crippen LogP contribution is -2.10. The fourth-order valence-corrected chi connectivity index (χ4v) is 1.55. The van der Waals surface area contributed by atoms with Gasteiger partial charge in [-0.25, -0.2) is 10.8 Å². The summed E-state index contributed by atoms with van der Waals surface area (Å²) in [6.45, 7) is 4.06. The molecule has 0 aliphatic heterocycles. The van der Waals surface area contributed by atoms with Gasteiger partial charge in [-0.1, -0.05) is 11.6 Å². The average molecular weight is 187 g/mol. The highest BCUT2D eigenvalue weighted by atomic mass is 15.2. The zero-order valence-electron chi connectivity index (χ0n) is 8.33. The van der Waals surface area contributed by atoms with Crippen LogP contribution >= 0.6 is 0 Å². The molecular weight excluding hydrogens is 174 g/mol. The predicted octanol–water partition coefficient (Wildman–Crippen LogP) is 2.14. The van der Waals surface area contributed by atoms with Crippen molar-refractivity contribution in [3.05, 3.63) is 35.4 Å². The summed E-state index contributed by atoms with van der Waals surface area (Å²) in [5, 5.41) is 1.15. The van der Waals surface area contributed by atoms with Crippen molar-refractivity contribution in [2.75, 3.05) is 5.43 Å². The van der Waals surface area contributed by atoms with Crippen molar-refractivity contribution in [1.82, 2.24) is 4.98 Å². The Bertz CT molecular complexity index is 477. The zero-order valence-corrected chi connectivity index (χ0v) is 8.33. The standard InChI is InChI=1S/C11H13N3/c1-7-3-4-10-9(5-7)6-8(2)11(13-10)14-12/h3-6H,12H2,1-2H3,(H,13,14). The highest BCUT2D eigenvalue weighted by Gasteiger charge is 2.01. The molecular formula is C11H13N3. The number of aromatic nitrogens is 1. The first-order valence-corrected chi connectivity index (χ1v) is 4.55. The molecule has 0 unspecified atom stereocenters. The fraction of sp³-hybridized carbons (Fsp3) is 0.182. The Morgan fingerprint density at radius 1 is 1.21 bits per heavy atom.